The summed E-state index contributed by atoms with van der Waals surface area (Å²) in [5.41, 5.74) is 9.15. The van der Waals surface area contributed by atoms with E-state index in [9.17, 15) is 4.79 Å². The highest BCUT2D eigenvalue weighted by atomic mass is 32.2. The number of carbonyl (C=O) groups excluding carboxylic acids is 1. The molecule has 0 aliphatic rings. The molecule has 0 fully saturated rings. The van der Waals surface area contributed by atoms with Crippen LogP contribution in [-0.4, -0.2) is 17.9 Å². The third-order valence-electron chi connectivity index (χ3n) is 2.77. The number of nitrogens with two attached hydrogens (primary N) is 1. The number of rotatable bonds is 3. The van der Waals surface area contributed by atoms with Crippen molar-refractivity contribution in [3.05, 3.63) is 47.2 Å². The van der Waals surface area contributed by atoms with Crippen LogP contribution >= 0.6 is 11.8 Å². The van der Waals surface area contributed by atoms with Crippen LogP contribution in [0.3, 0.4) is 0 Å². The Kier molecular flexibility index (Phi) is 4.29. The van der Waals surface area contributed by atoms with Crippen LogP contribution in [0.25, 0.3) is 0 Å². The highest BCUT2D eigenvalue weighted by Crippen LogP contribution is 2.31. The molecule has 0 bridgehead atoms. The predicted octanol–water partition coefficient (Wildman–Crippen LogP) is 2.79. The molecule has 0 aliphatic carbocycles. The molecule has 1 heterocycles. The standard InChI is InChI=1S/C15H17N3OS/c1-9-6-10(2)18-14(7-9)20-13-8-11(16)4-5-12(13)15(19)17-3/h4-8H,16H2,1-3H3,(H,17,19). The minimum atomic E-state index is -0.128. The average molecular weight is 287 g/mol. The van der Waals surface area contributed by atoms with Gasteiger partial charge in [0.05, 0.1) is 5.56 Å². The minimum Gasteiger partial charge on any atom is -0.399 e. The summed E-state index contributed by atoms with van der Waals surface area (Å²) in [6, 6.07) is 9.27. The summed E-state index contributed by atoms with van der Waals surface area (Å²) in [4.78, 5) is 17.2. The van der Waals surface area contributed by atoms with E-state index in [1.165, 1.54) is 11.8 Å². The fourth-order valence-corrected chi connectivity index (χ4v) is 3.04. The second-order valence-electron chi connectivity index (χ2n) is 4.56. The molecule has 0 atom stereocenters. The zero-order chi connectivity index (χ0) is 14.7. The van der Waals surface area contributed by atoms with Crippen molar-refractivity contribution < 1.29 is 4.79 Å². The van der Waals surface area contributed by atoms with Gasteiger partial charge in [-0.25, -0.2) is 4.98 Å². The summed E-state index contributed by atoms with van der Waals surface area (Å²) in [6.45, 7) is 3.98. The molecule has 5 heteroatoms. The molecule has 1 aromatic carbocycles. The van der Waals surface area contributed by atoms with Crippen molar-refractivity contribution in [2.45, 2.75) is 23.8 Å². The van der Waals surface area contributed by atoms with Gasteiger partial charge in [0, 0.05) is 23.3 Å². The predicted molar refractivity (Wildman–Crippen MR) is 82.1 cm³/mol. The first-order valence-electron chi connectivity index (χ1n) is 6.24. The normalized spacial score (nSPS) is 10.3. The molecule has 104 valence electrons. The monoisotopic (exact) mass is 287 g/mol. The summed E-state index contributed by atoms with van der Waals surface area (Å²) >= 11 is 1.45. The maximum atomic E-state index is 11.9. The summed E-state index contributed by atoms with van der Waals surface area (Å²) in [5, 5.41) is 3.50. The van der Waals surface area contributed by atoms with Crippen LogP contribution in [0.2, 0.25) is 0 Å². The van der Waals surface area contributed by atoms with E-state index in [0.29, 0.717) is 11.3 Å². The number of benzene rings is 1. The van der Waals surface area contributed by atoms with E-state index in [4.69, 9.17) is 5.73 Å². The van der Waals surface area contributed by atoms with Crippen molar-refractivity contribution in [1.29, 1.82) is 0 Å². The quantitative estimate of drug-likeness (QED) is 0.852. The molecule has 0 saturated carbocycles. The van der Waals surface area contributed by atoms with E-state index in [2.05, 4.69) is 10.3 Å². The number of carbonyl (C=O) groups is 1. The lowest BCUT2D eigenvalue weighted by Crippen LogP contribution is -2.18. The molecule has 0 unspecified atom stereocenters. The van der Waals surface area contributed by atoms with Crippen molar-refractivity contribution >= 4 is 23.4 Å². The van der Waals surface area contributed by atoms with Crippen LogP contribution in [0.5, 0.6) is 0 Å². The number of hydrogen-bond donors (Lipinski definition) is 2. The molecule has 2 rings (SSSR count). The van der Waals surface area contributed by atoms with Crippen molar-refractivity contribution in [2.75, 3.05) is 12.8 Å². The zero-order valence-electron chi connectivity index (χ0n) is 11.7. The summed E-state index contributed by atoms with van der Waals surface area (Å²) in [7, 11) is 1.61. The number of nitrogens with zero attached hydrogens (tertiary/aromatic N) is 1. The van der Waals surface area contributed by atoms with Gasteiger partial charge in [0.1, 0.15) is 5.03 Å². The third-order valence-corrected chi connectivity index (χ3v) is 3.74. The van der Waals surface area contributed by atoms with Crippen molar-refractivity contribution in [3.8, 4) is 0 Å². The van der Waals surface area contributed by atoms with E-state index in [1.807, 2.05) is 26.0 Å². The number of amides is 1. The van der Waals surface area contributed by atoms with E-state index >= 15 is 0 Å². The first-order chi connectivity index (χ1) is 9.49. The lowest BCUT2D eigenvalue weighted by atomic mass is 10.2. The largest absolute Gasteiger partial charge is 0.399 e. The van der Waals surface area contributed by atoms with Gasteiger partial charge in [-0.15, -0.1) is 0 Å². The Bertz CT molecular complexity index is 635. The molecule has 0 saturated heterocycles. The Morgan fingerprint density at radius 3 is 2.65 bits per heavy atom. The fourth-order valence-electron chi connectivity index (χ4n) is 1.91. The van der Waals surface area contributed by atoms with Gasteiger partial charge in [0.2, 0.25) is 0 Å². The topological polar surface area (TPSA) is 68.0 Å². The van der Waals surface area contributed by atoms with E-state index in [1.54, 1.807) is 25.2 Å². The average Bonchev–Trinajstić information content (AvgIpc) is 2.37. The first-order valence-corrected chi connectivity index (χ1v) is 7.06. The Morgan fingerprint density at radius 1 is 1.25 bits per heavy atom. The number of aryl methyl sites for hydroxylation is 2. The van der Waals surface area contributed by atoms with Gasteiger partial charge < -0.3 is 11.1 Å². The van der Waals surface area contributed by atoms with Gasteiger partial charge in [-0.2, -0.15) is 0 Å². The van der Waals surface area contributed by atoms with Crippen LogP contribution in [0, 0.1) is 13.8 Å². The van der Waals surface area contributed by atoms with Crippen molar-refractivity contribution in [3.63, 3.8) is 0 Å². The van der Waals surface area contributed by atoms with Crippen LogP contribution in [0.1, 0.15) is 21.6 Å². The van der Waals surface area contributed by atoms with Gasteiger partial charge in [0.15, 0.2) is 0 Å². The summed E-state index contributed by atoms with van der Waals surface area (Å²) in [5.74, 6) is -0.128. The molecule has 0 aliphatic heterocycles. The molecule has 3 N–H and O–H groups in total. The third kappa shape index (κ3) is 3.30. The molecule has 20 heavy (non-hydrogen) atoms. The number of nitrogen functional groups attached to an aromatic ring is 1. The number of pyridine rings is 1. The maximum absolute atomic E-state index is 11.9. The highest BCUT2D eigenvalue weighted by molar-refractivity contribution is 7.99. The van der Waals surface area contributed by atoms with Gasteiger partial charge in [-0.1, -0.05) is 11.8 Å². The molecule has 4 nitrogen and oxygen atoms in total. The van der Waals surface area contributed by atoms with Gasteiger partial charge in [-0.05, 0) is 49.7 Å². The second kappa shape index (κ2) is 5.96. The van der Waals surface area contributed by atoms with Gasteiger partial charge in [-0.3, -0.25) is 4.79 Å². The molecular weight excluding hydrogens is 270 g/mol. The molecule has 1 amide bonds. The number of nitrogens with one attached hydrogen (secondary N) is 1. The Labute approximate surface area is 122 Å². The van der Waals surface area contributed by atoms with E-state index in [-0.39, 0.29) is 5.91 Å². The zero-order valence-corrected chi connectivity index (χ0v) is 12.5. The lowest BCUT2D eigenvalue weighted by Gasteiger charge is -2.09. The highest BCUT2D eigenvalue weighted by Gasteiger charge is 2.12. The van der Waals surface area contributed by atoms with Crippen LogP contribution in [-0.2, 0) is 0 Å². The van der Waals surface area contributed by atoms with Crippen molar-refractivity contribution in [1.82, 2.24) is 10.3 Å². The fraction of sp³-hybridized carbons (Fsp3) is 0.200. The van der Waals surface area contributed by atoms with Crippen LogP contribution < -0.4 is 11.1 Å². The van der Waals surface area contributed by atoms with Gasteiger partial charge in [0.25, 0.3) is 5.91 Å². The molecule has 0 spiro atoms. The number of aromatic nitrogens is 1. The Hall–Kier alpha value is -2.01. The SMILES string of the molecule is CNC(=O)c1ccc(N)cc1Sc1cc(C)cc(C)n1. The van der Waals surface area contributed by atoms with Crippen LogP contribution in [0.4, 0.5) is 5.69 Å². The smallest absolute Gasteiger partial charge is 0.252 e. The first kappa shape index (κ1) is 14.4. The summed E-state index contributed by atoms with van der Waals surface area (Å²) < 4.78 is 0. The maximum Gasteiger partial charge on any atom is 0.252 e. The molecule has 2 aromatic rings. The molecule has 0 radical (unpaired) electrons. The van der Waals surface area contributed by atoms with E-state index < -0.39 is 0 Å². The number of anilines is 1. The van der Waals surface area contributed by atoms with Gasteiger partial charge >= 0.3 is 0 Å². The number of hydrogen-bond acceptors (Lipinski definition) is 4. The summed E-state index contributed by atoms with van der Waals surface area (Å²) in [6.07, 6.45) is 0. The second-order valence-corrected chi connectivity index (χ2v) is 5.62. The van der Waals surface area contributed by atoms with Crippen LogP contribution in [0.15, 0.2) is 40.3 Å². The Morgan fingerprint density at radius 2 is 2.00 bits per heavy atom. The molecular formula is C15H17N3OS. The lowest BCUT2D eigenvalue weighted by molar-refractivity contribution is 0.0960. The minimum absolute atomic E-state index is 0.128. The van der Waals surface area contributed by atoms with Crippen molar-refractivity contribution in [2.24, 2.45) is 0 Å². The van der Waals surface area contributed by atoms with E-state index in [0.717, 1.165) is 21.2 Å². The molecule has 1 aromatic heterocycles. The Balaban J connectivity index is 2.41.